The number of ketones is 1. The molecule has 78 valence electrons. The number of nitrogens with two attached hydrogens (primary N) is 1. The SMILES string of the molecule is C#CC(=C)I=CC(=O)C(N)CC(C)C. The lowest BCUT2D eigenvalue weighted by Gasteiger charge is -2.09. The molecule has 0 radical (unpaired) electrons. The Morgan fingerprint density at radius 1 is 1.71 bits per heavy atom. The van der Waals surface area contributed by atoms with Crippen molar-refractivity contribution >= 4 is 30.5 Å². The van der Waals surface area contributed by atoms with Gasteiger partial charge in [0, 0.05) is 4.01 Å². The predicted octanol–water partition coefficient (Wildman–Crippen LogP) is 1.85. The van der Waals surface area contributed by atoms with Crippen LogP contribution in [0.1, 0.15) is 20.3 Å². The molecule has 0 rings (SSSR count). The summed E-state index contributed by atoms with van der Waals surface area (Å²) < 4.78 is 2.35. The van der Waals surface area contributed by atoms with Gasteiger partial charge in [-0.05, 0) is 12.3 Å². The van der Waals surface area contributed by atoms with Gasteiger partial charge >= 0.3 is 0 Å². The van der Waals surface area contributed by atoms with Crippen LogP contribution >= 0.6 is 20.7 Å². The topological polar surface area (TPSA) is 43.1 Å². The van der Waals surface area contributed by atoms with Gasteiger partial charge in [0.1, 0.15) is 0 Å². The van der Waals surface area contributed by atoms with Gasteiger partial charge in [-0.3, -0.25) is 4.79 Å². The van der Waals surface area contributed by atoms with E-state index in [4.69, 9.17) is 12.2 Å². The molecule has 0 saturated carbocycles. The Morgan fingerprint density at radius 2 is 2.29 bits per heavy atom. The molecule has 0 aliphatic carbocycles. The second kappa shape index (κ2) is 6.91. The van der Waals surface area contributed by atoms with Crippen molar-refractivity contribution in [3.63, 3.8) is 0 Å². The molecule has 3 heteroatoms. The fourth-order valence-electron chi connectivity index (χ4n) is 0.856. The Hall–Kier alpha value is -0.470. The molecule has 0 saturated heterocycles. The van der Waals surface area contributed by atoms with Gasteiger partial charge in [0.05, 0.1) is 9.62 Å². The molecule has 0 aromatic heterocycles. The molecular formula is C11H16INO. The van der Waals surface area contributed by atoms with E-state index in [0.717, 1.165) is 6.42 Å². The number of allylic oxidation sites excluding steroid dienone is 1. The van der Waals surface area contributed by atoms with Crippen molar-refractivity contribution in [2.45, 2.75) is 26.3 Å². The van der Waals surface area contributed by atoms with Crippen LogP contribution in [0.4, 0.5) is 0 Å². The Kier molecular flexibility index (Phi) is 6.67. The standard InChI is InChI=1S/C11H16INO/c1-5-9(4)12-7-11(14)10(13)6-8(2)3/h1,7-8,10H,4,6,13H2,2-3H3. The number of hydrogen-bond donors (Lipinski definition) is 1. The van der Waals surface area contributed by atoms with Crippen LogP contribution in [0.15, 0.2) is 10.2 Å². The highest BCUT2D eigenvalue weighted by molar-refractivity contribution is 14.2. The third-order valence-corrected chi connectivity index (χ3v) is 3.53. The first kappa shape index (κ1) is 13.5. The van der Waals surface area contributed by atoms with Crippen molar-refractivity contribution in [3.8, 4) is 12.3 Å². The molecule has 1 atom stereocenters. The Labute approximate surface area is 95.7 Å². The second-order valence-electron chi connectivity index (χ2n) is 3.41. The number of carbonyl (C=O) groups excluding carboxylic acids is 1. The molecule has 0 amide bonds. The Balaban J connectivity index is 4.16. The van der Waals surface area contributed by atoms with E-state index in [0.29, 0.717) is 9.50 Å². The van der Waals surface area contributed by atoms with E-state index in [-0.39, 0.29) is 11.8 Å². The van der Waals surface area contributed by atoms with Crippen molar-refractivity contribution in [2.24, 2.45) is 11.7 Å². The lowest BCUT2D eigenvalue weighted by atomic mass is 10.0. The lowest BCUT2D eigenvalue weighted by Crippen LogP contribution is -2.32. The Morgan fingerprint density at radius 3 is 2.71 bits per heavy atom. The van der Waals surface area contributed by atoms with Gasteiger partial charge in [0.25, 0.3) is 0 Å². The van der Waals surface area contributed by atoms with Gasteiger partial charge in [-0.2, -0.15) is 0 Å². The number of Topliss-reactive ketones (excluding diaryl/α,β-unsaturated/α-hetero) is 1. The number of halogens is 1. The maximum Gasteiger partial charge on any atom is 0.178 e. The van der Waals surface area contributed by atoms with Gasteiger partial charge in [0.15, 0.2) is 5.78 Å². The first-order valence-electron chi connectivity index (χ1n) is 4.39. The van der Waals surface area contributed by atoms with Crippen LogP contribution in [0.25, 0.3) is 0 Å². The highest BCUT2D eigenvalue weighted by atomic mass is 127. The minimum atomic E-state index is -0.523. The van der Waals surface area contributed by atoms with E-state index in [1.54, 1.807) is 4.01 Å². The van der Waals surface area contributed by atoms with E-state index in [1.165, 1.54) is 0 Å². The summed E-state index contributed by atoms with van der Waals surface area (Å²) in [4.78, 5) is 11.4. The predicted molar refractivity (Wildman–Crippen MR) is 70.5 cm³/mol. The van der Waals surface area contributed by atoms with Crippen LogP contribution in [-0.2, 0) is 4.79 Å². The summed E-state index contributed by atoms with van der Waals surface area (Å²) in [7, 11) is 0. The third-order valence-electron chi connectivity index (χ3n) is 1.54. The molecule has 2 nitrogen and oxygen atoms in total. The smallest absolute Gasteiger partial charge is 0.178 e. The fraction of sp³-hybridized carbons (Fsp3) is 0.455. The maximum atomic E-state index is 11.4. The Bertz CT molecular complexity index is 286. The average Bonchev–Trinajstić information content (AvgIpc) is 2.12. The minimum absolute atomic E-state index is 0.00269. The molecule has 0 aromatic rings. The van der Waals surface area contributed by atoms with Crippen LogP contribution in [0.2, 0.25) is 0 Å². The molecule has 0 aromatic carbocycles. The molecule has 0 aliphatic heterocycles. The molecule has 0 bridgehead atoms. The van der Waals surface area contributed by atoms with Crippen molar-refractivity contribution in [2.75, 3.05) is 0 Å². The van der Waals surface area contributed by atoms with Crippen LogP contribution in [-0.4, -0.2) is 15.8 Å². The van der Waals surface area contributed by atoms with Crippen LogP contribution in [0.5, 0.6) is 0 Å². The van der Waals surface area contributed by atoms with Gasteiger partial charge in [-0.25, -0.2) is 0 Å². The van der Waals surface area contributed by atoms with Crippen molar-refractivity contribution in [3.05, 3.63) is 10.2 Å². The summed E-state index contributed by atoms with van der Waals surface area (Å²) in [6.45, 7) is 7.74. The van der Waals surface area contributed by atoms with Crippen molar-refractivity contribution in [1.82, 2.24) is 0 Å². The van der Waals surface area contributed by atoms with E-state index in [1.807, 2.05) is 13.8 Å². The largest absolute Gasteiger partial charge is 0.321 e. The summed E-state index contributed by atoms with van der Waals surface area (Å²) in [6.07, 6.45) is 5.85. The average molecular weight is 305 g/mol. The zero-order chi connectivity index (χ0) is 11.1. The second-order valence-corrected chi connectivity index (χ2v) is 5.95. The van der Waals surface area contributed by atoms with E-state index >= 15 is 0 Å². The molecule has 2 N–H and O–H groups in total. The van der Waals surface area contributed by atoms with Gasteiger partial charge in [-0.15, -0.1) is 6.42 Å². The van der Waals surface area contributed by atoms with Crippen LogP contribution in [0, 0.1) is 18.3 Å². The van der Waals surface area contributed by atoms with E-state index < -0.39 is 20.7 Å². The third kappa shape index (κ3) is 6.06. The first-order chi connectivity index (χ1) is 6.47. The monoisotopic (exact) mass is 305 g/mol. The number of hydrogen-bond acceptors (Lipinski definition) is 2. The zero-order valence-electron chi connectivity index (χ0n) is 8.59. The van der Waals surface area contributed by atoms with Gasteiger partial charge < -0.3 is 5.73 Å². The van der Waals surface area contributed by atoms with Crippen LogP contribution < -0.4 is 5.73 Å². The molecule has 0 spiro atoms. The summed E-state index contributed by atoms with van der Waals surface area (Å²) in [5, 5.41) is 0. The van der Waals surface area contributed by atoms with Crippen LogP contribution in [0.3, 0.4) is 0 Å². The first-order valence-corrected chi connectivity index (χ1v) is 6.71. The van der Waals surface area contributed by atoms with E-state index in [2.05, 4.69) is 12.5 Å². The lowest BCUT2D eigenvalue weighted by molar-refractivity contribution is -0.113. The van der Waals surface area contributed by atoms with Gasteiger partial charge in [-0.1, -0.05) is 47.1 Å². The maximum absolute atomic E-state index is 11.4. The fourth-order valence-corrected chi connectivity index (χ4v) is 2.18. The molecule has 0 fully saturated rings. The van der Waals surface area contributed by atoms with E-state index in [9.17, 15) is 4.79 Å². The van der Waals surface area contributed by atoms with Gasteiger partial charge in [0.2, 0.25) is 0 Å². The highest BCUT2D eigenvalue weighted by Gasteiger charge is 2.11. The summed E-state index contributed by atoms with van der Waals surface area (Å²) >= 11 is -0.523. The zero-order valence-corrected chi connectivity index (χ0v) is 10.7. The molecule has 14 heavy (non-hydrogen) atoms. The quantitative estimate of drug-likeness (QED) is 0.622. The molecule has 0 heterocycles. The summed E-state index contributed by atoms with van der Waals surface area (Å²) in [5.74, 6) is 2.87. The molecule has 0 aliphatic rings. The number of terminal acetylenes is 1. The molecular weight excluding hydrogens is 289 g/mol. The summed E-state index contributed by atoms with van der Waals surface area (Å²) in [6, 6.07) is -0.375. The number of rotatable bonds is 5. The number of carbonyl (C=O) groups is 1. The molecule has 1 unspecified atom stereocenters. The van der Waals surface area contributed by atoms with Crippen molar-refractivity contribution < 1.29 is 4.79 Å². The minimum Gasteiger partial charge on any atom is -0.321 e. The van der Waals surface area contributed by atoms with Crippen molar-refractivity contribution in [1.29, 1.82) is 0 Å². The normalized spacial score (nSPS) is 13.4. The summed E-state index contributed by atoms with van der Waals surface area (Å²) in [5.41, 5.74) is 5.70. The highest BCUT2D eigenvalue weighted by Crippen LogP contribution is 2.10.